The Morgan fingerprint density at radius 1 is 1.22 bits per heavy atom. The highest BCUT2D eigenvalue weighted by atomic mass is 19.3. The van der Waals surface area contributed by atoms with E-state index in [1.165, 1.54) is 12.3 Å². The number of pyridine rings is 1. The molecule has 2 N–H and O–H groups in total. The van der Waals surface area contributed by atoms with Crippen LogP contribution in [-0.2, 0) is 6.54 Å². The van der Waals surface area contributed by atoms with Crippen molar-refractivity contribution in [1.29, 1.82) is 0 Å². The number of hydrogen-bond donors (Lipinski definition) is 2. The summed E-state index contributed by atoms with van der Waals surface area (Å²) >= 11 is 0. The number of rotatable bonds is 8. The van der Waals surface area contributed by atoms with Crippen LogP contribution in [0.1, 0.15) is 5.56 Å². The average Bonchev–Trinajstić information content (AvgIpc) is 2.54. The van der Waals surface area contributed by atoms with E-state index in [0.29, 0.717) is 17.1 Å². The van der Waals surface area contributed by atoms with E-state index in [4.69, 9.17) is 9.84 Å². The van der Waals surface area contributed by atoms with Crippen LogP contribution in [0.5, 0.6) is 11.6 Å². The maximum absolute atomic E-state index is 13.6. The molecular formula is C15H15F3N2O3. The van der Waals surface area contributed by atoms with Crippen molar-refractivity contribution in [1.82, 2.24) is 4.98 Å². The second kappa shape index (κ2) is 8.23. The van der Waals surface area contributed by atoms with Crippen molar-refractivity contribution in [3.05, 3.63) is 47.9 Å². The largest absolute Gasteiger partial charge is 0.475 e. The van der Waals surface area contributed by atoms with Crippen LogP contribution in [0.3, 0.4) is 0 Å². The normalized spacial score (nSPS) is 10.7. The summed E-state index contributed by atoms with van der Waals surface area (Å²) in [5.41, 5.74) is 1.24. The lowest BCUT2D eigenvalue weighted by molar-refractivity contribution is -0.0522. The zero-order valence-electron chi connectivity index (χ0n) is 12.0. The van der Waals surface area contributed by atoms with Gasteiger partial charge in [-0.3, -0.25) is 0 Å². The summed E-state index contributed by atoms with van der Waals surface area (Å²) in [5, 5.41) is 11.6. The molecule has 1 heterocycles. The first kappa shape index (κ1) is 16.9. The van der Waals surface area contributed by atoms with Crippen LogP contribution in [-0.4, -0.2) is 29.9 Å². The van der Waals surface area contributed by atoms with Gasteiger partial charge in [0, 0.05) is 12.6 Å². The van der Waals surface area contributed by atoms with Gasteiger partial charge in [-0.25, -0.2) is 9.37 Å². The van der Waals surface area contributed by atoms with Gasteiger partial charge in [-0.15, -0.1) is 0 Å². The fourth-order valence-corrected chi connectivity index (χ4v) is 1.77. The molecule has 8 heteroatoms. The minimum Gasteiger partial charge on any atom is -0.475 e. The van der Waals surface area contributed by atoms with Gasteiger partial charge in [-0.1, -0.05) is 6.07 Å². The van der Waals surface area contributed by atoms with E-state index in [1.54, 1.807) is 12.1 Å². The summed E-state index contributed by atoms with van der Waals surface area (Å²) in [7, 11) is 0. The summed E-state index contributed by atoms with van der Waals surface area (Å²) < 4.78 is 46.8. The Labute approximate surface area is 130 Å². The molecule has 0 aliphatic rings. The molecule has 0 spiro atoms. The number of alkyl halides is 2. The SMILES string of the molecule is OCCOc1ccc(NCc2ccc(OC(F)F)c(F)c2)cn1. The first-order chi connectivity index (χ1) is 11.1. The Morgan fingerprint density at radius 3 is 2.65 bits per heavy atom. The predicted molar refractivity (Wildman–Crippen MR) is 77.2 cm³/mol. The average molecular weight is 328 g/mol. The van der Waals surface area contributed by atoms with Gasteiger partial charge in [0.1, 0.15) is 6.61 Å². The van der Waals surface area contributed by atoms with Crippen molar-refractivity contribution in [2.45, 2.75) is 13.2 Å². The molecule has 0 saturated heterocycles. The van der Waals surface area contributed by atoms with Crippen LogP contribution >= 0.6 is 0 Å². The lowest BCUT2D eigenvalue weighted by Gasteiger charge is -2.10. The number of hydrogen-bond acceptors (Lipinski definition) is 5. The summed E-state index contributed by atoms with van der Waals surface area (Å²) in [6, 6.07) is 7.10. The van der Waals surface area contributed by atoms with Crippen molar-refractivity contribution in [2.75, 3.05) is 18.5 Å². The molecule has 0 atom stereocenters. The van der Waals surface area contributed by atoms with Crippen molar-refractivity contribution < 1.29 is 27.8 Å². The molecule has 0 saturated carbocycles. The van der Waals surface area contributed by atoms with E-state index in [2.05, 4.69) is 15.0 Å². The van der Waals surface area contributed by atoms with Crippen LogP contribution in [0.2, 0.25) is 0 Å². The van der Waals surface area contributed by atoms with Gasteiger partial charge >= 0.3 is 6.61 Å². The predicted octanol–water partition coefficient (Wildman–Crippen LogP) is 2.81. The fraction of sp³-hybridized carbons (Fsp3) is 0.267. The van der Waals surface area contributed by atoms with E-state index >= 15 is 0 Å². The maximum atomic E-state index is 13.6. The number of aliphatic hydroxyl groups excluding tert-OH is 1. The summed E-state index contributed by atoms with van der Waals surface area (Å²) in [6.45, 7) is -2.72. The summed E-state index contributed by atoms with van der Waals surface area (Å²) in [5.74, 6) is -0.963. The number of ether oxygens (including phenoxy) is 2. The molecule has 0 radical (unpaired) electrons. The molecule has 0 amide bonds. The fourth-order valence-electron chi connectivity index (χ4n) is 1.77. The molecule has 2 aromatic rings. The number of aliphatic hydroxyl groups is 1. The molecule has 1 aromatic heterocycles. The summed E-state index contributed by atoms with van der Waals surface area (Å²) in [6.07, 6.45) is 1.53. The van der Waals surface area contributed by atoms with Gasteiger partial charge in [0.25, 0.3) is 0 Å². The van der Waals surface area contributed by atoms with Crippen LogP contribution < -0.4 is 14.8 Å². The Balaban J connectivity index is 1.91. The first-order valence-corrected chi connectivity index (χ1v) is 6.75. The van der Waals surface area contributed by atoms with Gasteiger partial charge in [-0.05, 0) is 23.8 Å². The Hall–Kier alpha value is -2.48. The Kier molecular flexibility index (Phi) is 6.04. The molecule has 0 aliphatic heterocycles. The topological polar surface area (TPSA) is 63.6 Å². The zero-order chi connectivity index (χ0) is 16.7. The van der Waals surface area contributed by atoms with E-state index in [1.807, 2.05) is 0 Å². The highest BCUT2D eigenvalue weighted by Gasteiger charge is 2.10. The molecule has 1 aromatic carbocycles. The minimum atomic E-state index is -3.06. The molecule has 0 bridgehead atoms. The zero-order valence-corrected chi connectivity index (χ0v) is 12.0. The third-order valence-electron chi connectivity index (χ3n) is 2.79. The molecule has 0 unspecified atom stereocenters. The quantitative estimate of drug-likeness (QED) is 0.780. The lowest BCUT2D eigenvalue weighted by atomic mass is 10.2. The van der Waals surface area contributed by atoms with Crippen molar-refractivity contribution in [3.8, 4) is 11.6 Å². The van der Waals surface area contributed by atoms with Crippen molar-refractivity contribution in [3.63, 3.8) is 0 Å². The van der Waals surface area contributed by atoms with Gasteiger partial charge in [0.2, 0.25) is 5.88 Å². The summed E-state index contributed by atoms with van der Waals surface area (Å²) in [4.78, 5) is 4.02. The third-order valence-corrected chi connectivity index (χ3v) is 2.79. The highest BCUT2D eigenvalue weighted by molar-refractivity contribution is 5.43. The lowest BCUT2D eigenvalue weighted by Crippen LogP contribution is -2.05. The number of benzene rings is 1. The molecular weight excluding hydrogens is 313 g/mol. The Bertz CT molecular complexity index is 624. The van der Waals surface area contributed by atoms with Crippen molar-refractivity contribution >= 4 is 5.69 Å². The second-order valence-corrected chi connectivity index (χ2v) is 4.45. The number of nitrogens with one attached hydrogen (secondary N) is 1. The maximum Gasteiger partial charge on any atom is 0.387 e. The van der Waals surface area contributed by atoms with E-state index in [9.17, 15) is 13.2 Å². The van der Waals surface area contributed by atoms with Crippen LogP contribution in [0.4, 0.5) is 18.9 Å². The second-order valence-electron chi connectivity index (χ2n) is 4.45. The van der Waals surface area contributed by atoms with Crippen LogP contribution in [0.15, 0.2) is 36.5 Å². The molecule has 124 valence electrons. The first-order valence-electron chi connectivity index (χ1n) is 6.75. The van der Waals surface area contributed by atoms with E-state index in [0.717, 1.165) is 12.1 Å². The third kappa shape index (κ3) is 5.33. The smallest absolute Gasteiger partial charge is 0.387 e. The number of nitrogens with zero attached hydrogens (tertiary/aromatic N) is 1. The molecule has 0 aliphatic carbocycles. The molecule has 23 heavy (non-hydrogen) atoms. The Morgan fingerprint density at radius 2 is 2.04 bits per heavy atom. The molecule has 2 rings (SSSR count). The van der Waals surface area contributed by atoms with E-state index < -0.39 is 18.2 Å². The van der Waals surface area contributed by atoms with Gasteiger partial charge in [-0.2, -0.15) is 8.78 Å². The van der Waals surface area contributed by atoms with Gasteiger partial charge in [0.15, 0.2) is 11.6 Å². The monoisotopic (exact) mass is 328 g/mol. The van der Waals surface area contributed by atoms with Gasteiger partial charge < -0.3 is 19.9 Å². The van der Waals surface area contributed by atoms with Gasteiger partial charge in [0.05, 0.1) is 18.5 Å². The number of anilines is 1. The minimum absolute atomic E-state index is 0.0987. The highest BCUT2D eigenvalue weighted by Crippen LogP contribution is 2.21. The molecule has 5 nitrogen and oxygen atoms in total. The molecule has 0 fully saturated rings. The standard InChI is InChI=1S/C15H15F3N2O3/c16-12-7-10(1-3-13(12)23-15(17)18)8-19-11-2-4-14(20-9-11)22-6-5-21/h1-4,7,9,15,19,21H,5-6,8H2. The van der Waals surface area contributed by atoms with Crippen molar-refractivity contribution in [2.24, 2.45) is 0 Å². The number of aromatic nitrogens is 1. The van der Waals surface area contributed by atoms with Crippen LogP contribution in [0, 0.1) is 5.82 Å². The number of halogens is 3. The van der Waals surface area contributed by atoms with E-state index in [-0.39, 0.29) is 19.8 Å². The van der Waals surface area contributed by atoms with Crippen LogP contribution in [0.25, 0.3) is 0 Å².